The van der Waals surface area contributed by atoms with E-state index in [1.807, 2.05) is 6.07 Å². The van der Waals surface area contributed by atoms with Gasteiger partial charge in [0.15, 0.2) is 0 Å². The lowest BCUT2D eigenvalue weighted by Crippen LogP contribution is -2.32. The van der Waals surface area contributed by atoms with E-state index in [-0.39, 0.29) is 11.4 Å². The number of halogens is 3. The molecule has 1 fully saturated rings. The topological polar surface area (TPSA) is 12.0 Å². The highest BCUT2D eigenvalue weighted by atomic mass is 79.9. The Balaban J connectivity index is 1.99. The van der Waals surface area contributed by atoms with Gasteiger partial charge in [-0.15, -0.1) is 11.6 Å². The quantitative estimate of drug-likeness (QED) is 0.838. The van der Waals surface area contributed by atoms with Crippen LogP contribution in [0.5, 0.6) is 0 Å². The van der Waals surface area contributed by atoms with Crippen LogP contribution in [-0.2, 0) is 6.54 Å². The van der Waals surface area contributed by atoms with Crippen molar-refractivity contribution in [2.45, 2.75) is 24.9 Å². The molecule has 1 aliphatic rings. The molecule has 0 saturated heterocycles. The average molecular weight is 293 g/mol. The number of rotatable bonds is 4. The van der Waals surface area contributed by atoms with Crippen molar-refractivity contribution in [1.82, 2.24) is 5.32 Å². The van der Waals surface area contributed by atoms with Gasteiger partial charge in [0, 0.05) is 28.0 Å². The molecule has 0 amide bonds. The molecule has 0 aromatic heterocycles. The number of alkyl halides is 1. The minimum Gasteiger partial charge on any atom is -0.306 e. The summed E-state index contributed by atoms with van der Waals surface area (Å²) in [7, 11) is 0. The molecule has 1 aliphatic carbocycles. The molecule has 1 N–H and O–H groups in total. The lowest BCUT2D eigenvalue weighted by molar-refractivity contribution is 0.522. The number of hydrogen-bond donors (Lipinski definition) is 1. The first-order valence-corrected chi connectivity index (χ1v) is 6.23. The molecule has 1 aromatic carbocycles. The van der Waals surface area contributed by atoms with Crippen molar-refractivity contribution in [3.05, 3.63) is 34.1 Å². The molecule has 4 heteroatoms. The first-order valence-electron chi connectivity index (χ1n) is 4.90. The zero-order chi connectivity index (χ0) is 10.9. The standard InChI is InChI=1S/C11H12BrClFN/c12-9-2-1-8(10(14)5-9)6-15-11(7-13)3-4-11/h1-2,5,15H,3-4,6-7H2. The summed E-state index contributed by atoms with van der Waals surface area (Å²) in [5, 5.41) is 3.31. The Kier molecular flexibility index (Phi) is 3.33. The Bertz CT molecular complexity index is 366. The second-order valence-corrected chi connectivity index (χ2v) is 5.19. The van der Waals surface area contributed by atoms with Crippen molar-refractivity contribution in [3.8, 4) is 0 Å². The van der Waals surface area contributed by atoms with Gasteiger partial charge in [-0.2, -0.15) is 0 Å². The molecule has 15 heavy (non-hydrogen) atoms. The monoisotopic (exact) mass is 291 g/mol. The maximum atomic E-state index is 13.4. The van der Waals surface area contributed by atoms with Crippen molar-refractivity contribution in [2.75, 3.05) is 5.88 Å². The van der Waals surface area contributed by atoms with E-state index in [0.29, 0.717) is 18.0 Å². The Hall–Kier alpha value is -0.120. The molecule has 0 heterocycles. The number of benzene rings is 1. The van der Waals surface area contributed by atoms with Crippen LogP contribution in [0.15, 0.2) is 22.7 Å². The first-order chi connectivity index (χ1) is 7.15. The van der Waals surface area contributed by atoms with Gasteiger partial charge in [0.1, 0.15) is 5.82 Å². The Labute approximate surface area is 102 Å². The molecule has 0 spiro atoms. The third-order valence-corrected chi connectivity index (χ3v) is 3.78. The maximum Gasteiger partial charge on any atom is 0.128 e. The van der Waals surface area contributed by atoms with Crippen LogP contribution in [0.2, 0.25) is 0 Å². The van der Waals surface area contributed by atoms with Crippen molar-refractivity contribution in [1.29, 1.82) is 0 Å². The SMILES string of the molecule is Fc1cc(Br)ccc1CNC1(CCl)CC1. The Morgan fingerprint density at radius 3 is 2.73 bits per heavy atom. The summed E-state index contributed by atoms with van der Waals surface area (Å²) < 4.78 is 14.2. The second-order valence-electron chi connectivity index (χ2n) is 4.00. The third kappa shape index (κ3) is 2.71. The normalized spacial score (nSPS) is 17.8. The van der Waals surface area contributed by atoms with Gasteiger partial charge >= 0.3 is 0 Å². The summed E-state index contributed by atoms with van der Waals surface area (Å²) in [5.74, 6) is 0.424. The Morgan fingerprint density at radius 2 is 2.20 bits per heavy atom. The lowest BCUT2D eigenvalue weighted by Gasteiger charge is -2.14. The molecule has 0 atom stereocenters. The summed E-state index contributed by atoms with van der Waals surface area (Å²) in [6, 6.07) is 5.12. The second kappa shape index (κ2) is 4.40. The molecule has 1 aromatic rings. The van der Waals surface area contributed by atoms with Gasteiger partial charge in [0.2, 0.25) is 0 Å². The summed E-state index contributed by atoms with van der Waals surface area (Å²) in [5.41, 5.74) is 0.760. The smallest absolute Gasteiger partial charge is 0.128 e. The predicted molar refractivity (Wildman–Crippen MR) is 63.6 cm³/mol. The van der Waals surface area contributed by atoms with Crippen LogP contribution >= 0.6 is 27.5 Å². The van der Waals surface area contributed by atoms with Crippen LogP contribution in [0, 0.1) is 5.82 Å². The van der Waals surface area contributed by atoms with Crippen molar-refractivity contribution >= 4 is 27.5 Å². The fourth-order valence-corrected chi connectivity index (χ4v) is 2.15. The van der Waals surface area contributed by atoms with Crippen molar-refractivity contribution < 1.29 is 4.39 Å². The zero-order valence-electron chi connectivity index (χ0n) is 8.19. The van der Waals surface area contributed by atoms with Gasteiger partial charge in [-0.05, 0) is 25.0 Å². The lowest BCUT2D eigenvalue weighted by atomic mass is 10.2. The van der Waals surface area contributed by atoms with Gasteiger partial charge < -0.3 is 5.32 Å². The fourth-order valence-electron chi connectivity index (χ4n) is 1.46. The van der Waals surface area contributed by atoms with Crippen LogP contribution in [0.3, 0.4) is 0 Å². The number of hydrogen-bond acceptors (Lipinski definition) is 1. The summed E-state index contributed by atoms with van der Waals surface area (Å²) in [6.45, 7) is 0.547. The highest BCUT2D eigenvalue weighted by Gasteiger charge is 2.41. The summed E-state index contributed by atoms with van der Waals surface area (Å²) in [4.78, 5) is 0. The van der Waals surface area contributed by atoms with E-state index in [1.54, 1.807) is 6.07 Å². The predicted octanol–water partition coefficient (Wildman–Crippen LogP) is 3.45. The molecule has 0 bridgehead atoms. The van der Waals surface area contributed by atoms with Crippen molar-refractivity contribution in [2.24, 2.45) is 0 Å². The molecular formula is C11H12BrClFN. The van der Waals surface area contributed by atoms with Crippen molar-refractivity contribution in [3.63, 3.8) is 0 Å². The average Bonchev–Trinajstić information content (AvgIpc) is 2.97. The van der Waals surface area contributed by atoms with E-state index < -0.39 is 0 Å². The number of nitrogens with one attached hydrogen (secondary N) is 1. The van der Waals surface area contributed by atoms with E-state index in [1.165, 1.54) is 6.07 Å². The molecule has 0 unspecified atom stereocenters. The van der Waals surface area contributed by atoms with E-state index in [9.17, 15) is 4.39 Å². The van der Waals surface area contributed by atoms with Gasteiger partial charge in [-0.25, -0.2) is 4.39 Å². The minimum absolute atomic E-state index is 0.0705. The summed E-state index contributed by atoms with van der Waals surface area (Å²) in [6.07, 6.45) is 2.18. The molecule has 1 saturated carbocycles. The van der Waals surface area contributed by atoms with Crippen LogP contribution in [-0.4, -0.2) is 11.4 Å². The zero-order valence-corrected chi connectivity index (χ0v) is 10.5. The highest BCUT2D eigenvalue weighted by Crippen LogP contribution is 2.36. The van der Waals surface area contributed by atoms with Crippen LogP contribution in [0.4, 0.5) is 4.39 Å². The van der Waals surface area contributed by atoms with E-state index in [4.69, 9.17) is 11.6 Å². The van der Waals surface area contributed by atoms with Crippen LogP contribution < -0.4 is 5.32 Å². The molecule has 0 aliphatic heterocycles. The molecule has 2 rings (SSSR count). The molecular weight excluding hydrogens is 280 g/mol. The van der Waals surface area contributed by atoms with Crippen LogP contribution in [0.25, 0.3) is 0 Å². The van der Waals surface area contributed by atoms with Gasteiger partial charge in [-0.3, -0.25) is 0 Å². The van der Waals surface area contributed by atoms with Crippen LogP contribution in [0.1, 0.15) is 18.4 Å². The van der Waals surface area contributed by atoms with E-state index >= 15 is 0 Å². The van der Waals surface area contributed by atoms with Gasteiger partial charge in [0.25, 0.3) is 0 Å². The largest absolute Gasteiger partial charge is 0.306 e. The first kappa shape index (κ1) is 11.4. The molecule has 82 valence electrons. The highest BCUT2D eigenvalue weighted by molar-refractivity contribution is 9.10. The van der Waals surface area contributed by atoms with E-state index in [2.05, 4.69) is 21.2 Å². The molecule has 0 radical (unpaired) electrons. The van der Waals surface area contributed by atoms with Gasteiger partial charge in [-0.1, -0.05) is 22.0 Å². The van der Waals surface area contributed by atoms with E-state index in [0.717, 1.165) is 17.3 Å². The summed E-state index contributed by atoms with van der Waals surface area (Å²) >= 11 is 9.05. The van der Waals surface area contributed by atoms with Gasteiger partial charge in [0.05, 0.1) is 0 Å². The Morgan fingerprint density at radius 1 is 1.47 bits per heavy atom. The fraction of sp³-hybridized carbons (Fsp3) is 0.455. The minimum atomic E-state index is -0.178. The molecule has 1 nitrogen and oxygen atoms in total. The maximum absolute atomic E-state index is 13.4. The third-order valence-electron chi connectivity index (χ3n) is 2.78.